The van der Waals surface area contributed by atoms with E-state index in [9.17, 15) is 14.9 Å². The number of anilines is 2. The molecule has 198 valence electrons. The van der Waals surface area contributed by atoms with Crippen LogP contribution in [0.2, 0.25) is 5.02 Å². The highest BCUT2D eigenvalue weighted by Crippen LogP contribution is 2.44. The summed E-state index contributed by atoms with van der Waals surface area (Å²) in [4.78, 5) is 29.5. The van der Waals surface area contributed by atoms with Crippen LogP contribution in [0.3, 0.4) is 0 Å². The van der Waals surface area contributed by atoms with Gasteiger partial charge in [-0.2, -0.15) is 0 Å². The number of halogens is 1. The fourth-order valence-corrected chi connectivity index (χ4v) is 5.06. The van der Waals surface area contributed by atoms with Gasteiger partial charge in [0.1, 0.15) is 24.2 Å². The molecule has 5 rings (SSSR count). The number of nitrogens with zero attached hydrogens (tertiary/aromatic N) is 3. The number of pyridine rings is 1. The third-order valence-electron chi connectivity index (χ3n) is 6.16. The van der Waals surface area contributed by atoms with Gasteiger partial charge in [0.05, 0.1) is 32.9 Å². The lowest BCUT2D eigenvalue weighted by molar-refractivity contribution is -0.384. The maximum atomic E-state index is 12.0. The normalized spacial score (nSPS) is 16.7. The highest BCUT2D eigenvalue weighted by Gasteiger charge is 2.43. The number of nitro groups is 1. The van der Waals surface area contributed by atoms with Crippen LogP contribution in [0.25, 0.3) is 11.3 Å². The van der Waals surface area contributed by atoms with Crippen LogP contribution >= 0.6 is 23.8 Å². The zero-order valence-corrected chi connectivity index (χ0v) is 22.1. The SMILES string of the molecule is COCC(=O)Nc1ccc(N2C(=S)N[C@H](c3ccccn3)[C@@H]2c2ccc(-c3ccccc3[N+](=O)[O-])o2)cc1Cl. The van der Waals surface area contributed by atoms with Gasteiger partial charge < -0.3 is 24.7 Å². The van der Waals surface area contributed by atoms with Gasteiger partial charge >= 0.3 is 0 Å². The second-order valence-corrected chi connectivity index (χ2v) is 9.41. The summed E-state index contributed by atoms with van der Waals surface area (Å²) in [6, 6.07) is 19.7. The number of hydrogen-bond acceptors (Lipinski definition) is 7. The van der Waals surface area contributed by atoms with Crippen LogP contribution in [0.15, 0.2) is 83.4 Å². The number of aromatic nitrogens is 1. The number of para-hydroxylation sites is 1. The Hall–Kier alpha value is -4.32. The Labute approximate surface area is 233 Å². The van der Waals surface area contributed by atoms with Crippen molar-refractivity contribution in [1.82, 2.24) is 10.3 Å². The molecule has 0 spiro atoms. The summed E-state index contributed by atoms with van der Waals surface area (Å²) in [5.41, 5.74) is 2.10. The number of amides is 1. The van der Waals surface area contributed by atoms with E-state index in [2.05, 4.69) is 15.6 Å². The van der Waals surface area contributed by atoms with Crippen molar-refractivity contribution in [1.29, 1.82) is 0 Å². The van der Waals surface area contributed by atoms with Gasteiger partial charge in [-0.3, -0.25) is 19.9 Å². The van der Waals surface area contributed by atoms with Gasteiger partial charge in [0.25, 0.3) is 5.69 Å². The lowest BCUT2D eigenvalue weighted by atomic mass is 10.0. The largest absolute Gasteiger partial charge is 0.459 e. The van der Waals surface area contributed by atoms with Gasteiger partial charge in [0.15, 0.2) is 5.11 Å². The molecule has 2 N–H and O–H groups in total. The third kappa shape index (κ3) is 5.32. The molecule has 2 aromatic carbocycles. The lowest BCUT2D eigenvalue weighted by Crippen LogP contribution is -2.29. The van der Waals surface area contributed by atoms with Crippen molar-refractivity contribution in [3.63, 3.8) is 0 Å². The molecule has 0 saturated carbocycles. The van der Waals surface area contributed by atoms with Crippen molar-refractivity contribution in [3.05, 3.63) is 106 Å². The van der Waals surface area contributed by atoms with Crippen molar-refractivity contribution >= 4 is 51.9 Å². The van der Waals surface area contributed by atoms with Gasteiger partial charge in [-0.25, -0.2) is 0 Å². The molecule has 2 aromatic heterocycles. The van der Waals surface area contributed by atoms with Crippen LogP contribution in [-0.4, -0.2) is 34.6 Å². The standard InChI is InChI=1S/C27H22ClN5O5S/c1-37-15-24(34)30-19-10-9-16(14-18(19)28)32-26(25(31-27(32)39)20-7-4-5-13-29-20)23-12-11-22(38-23)17-6-2-3-8-21(17)33(35)36/h2-14,25-26H,15H2,1H3,(H,30,34)(H,31,39)/t25-,26+/m1/s1. The minimum Gasteiger partial charge on any atom is -0.459 e. The number of nitrogens with one attached hydrogen (secondary N) is 2. The first-order valence-corrected chi connectivity index (χ1v) is 12.6. The molecule has 0 bridgehead atoms. The summed E-state index contributed by atoms with van der Waals surface area (Å²) in [5.74, 6) is 0.528. The van der Waals surface area contributed by atoms with E-state index in [1.165, 1.54) is 13.2 Å². The van der Waals surface area contributed by atoms with Crippen molar-refractivity contribution in [2.45, 2.75) is 12.1 Å². The molecule has 1 aliphatic rings. The number of furan rings is 1. The zero-order valence-electron chi connectivity index (χ0n) is 20.5. The fourth-order valence-electron chi connectivity index (χ4n) is 4.49. The number of hydrogen-bond donors (Lipinski definition) is 2. The molecular weight excluding hydrogens is 542 g/mol. The number of nitro benzene ring substituents is 1. The van der Waals surface area contributed by atoms with Crippen LogP contribution in [0, 0.1) is 10.1 Å². The lowest BCUT2D eigenvalue weighted by Gasteiger charge is -2.26. The Morgan fingerprint density at radius 3 is 2.72 bits per heavy atom. The van der Waals surface area contributed by atoms with Gasteiger partial charge in [-0.15, -0.1) is 0 Å². The molecular formula is C27H22ClN5O5S. The van der Waals surface area contributed by atoms with Gasteiger partial charge in [-0.05, 0) is 60.7 Å². The molecule has 10 nitrogen and oxygen atoms in total. The van der Waals surface area contributed by atoms with Gasteiger partial charge in [0, 0.05) is 25.1 Å². The molecule has 1 saturated heterocycles. The summed E-state index contributed by atoms with van der Waals surface area (Å²) in [6.07, 6.45) is 1.69. The number of carbonyl (C=O) groups excluding carboxylic acids is 1. The Kier molecular flexibility index (Phi) is 7.55. The maximum Gasteiger partial charge on any atom is 0.280 e. The van der Waals surface area contributed by atoms with E-state index in [0.29, 0.717) is 38.6 Å². The highest BCUT2D eigenvalue weighted by molar-refractivity contribution is 7.80. The smallest absolute Gasteiger partial charge is 0.280 e. The van der Waals surface area contributed by atoms with E-state index in [0.717, 1.165) is 5.69 Å². The topological polar surface area (TPSA) is 123 Å². The van der Waals surface area contributed by atoms with Crippen molar-refractivity contribution < 1.29 is 18.9 Å². The summed E-state index contributed by atoms with van der Waals surface area (Å²) in [6.45, 7) is -0.105. The van der Waals surface area contributed by atoms with Crippen LogP contribution in [0.4, 0.5) is 17.1 Å². The van der Waals surface area contributed by atoms with E-state index >= 15 is 0 Å². The highest BCUT2D eigenvalue weighted by atomic mass is 35.5. The second kappa shape index (κ2) is 11.2. The Balaban J connectivity index is 1.56. The first kappa shape index (κ1) is 26.3. The van der Waals surface area contributed by atoms with E-state index in [-0.39, 0.29) is 18.2 Å². The number of rotatable bonds is 8. The summed E-state index contributed by atoms with van der Waals surface area (Å²) >= 11 is 12.3. The minimum absolute atomic E-state index is 0.0607. The number of methoxy groups -OCH3 is 1. The minimum atomic E-state index is -0.506. The van der Waals surface area contributed by atoms with E-state index in [1.54, 1.807) is 54.7 Å². The van der Waals surface area contributed by atoms with Crippen LogP contribution in [0.1, 0.15) is 23.5 Å². The van der Waals surface area contributed by atoms with Crippen molar-refractivity contribution in [3.8, 4) is 11.3 Å². The average Bonchev–Trinajstić information content (AvgIpc) is 3.55. The average molecular weight is 564 g/mol. The van der Waals surface area contributed by atoms with Crippen LogP contribution < -0.4 is 15.5 Å². The Morgan fingerprint density at radius 2 is 2.00 bits per heavy atom. The third-order valence-corrected chi connectivity index (χ3v) is 6.79. The zero-order chi connectivity index (χ0) is 27.5. The molecule has 3 heterocycles. The summed E-state index contributed by atoms with van der Waals surface area (Å²) in [7, 11) is 1.43. The number of ether oxygens (including phenoxy) is 1. The quantitative estimate of drug-likeness (QED) is 0.159. The van der Waals surface area contributed by atoms with Crippen LogP contribution in [0.5, 0.6) is 0 Å². The molecule has 0 unspecified atom stereocenters. The van der Waals surface area contributed by atoms with E-state index < -0.39 is 17.0 Å². The van der Waals surface area contributed by atoms with Crippen molar-refractivity contribution in [2.24, 2.45) is 0 Å². The van der Waals surface area contributed by atoms with E-state index in [4.69, 9.17) is 33.0 Å². The first-order chi connectivity index (χ1) is 18.9. The molecule has 2 atom stereocenters. The maximum absolute atomic E-state index is 12.0. The predicted octanol–water partition coefficient (Wildman–Crippen LogP) is 5.67. The van der Waals surface area contributed by atoms with E-state index in [1.807, 2.05) is 23.1 Å². The molecule has 1 fully saturated rings. The molecule has 1 amide bonds. The summed E-state index contributed by atoms with van der Waals surface area (Å²) in [5, 5.41) is 18.4. The van der Waals surface area contributed by atoms with Gasteiger partial charge in [-0.1, -0.05) is 29.8 Å². The Morgan fingerprint density at radius 1 is 1.21 bits per heavy atom. The molecule has 39 heavy (non-hydrogen) atoms. The number of carbonyl (C=O) groups is 1. The van der Waals surface area contributed by atoms with Gasteiger partial charge in [0.2, 0.25) is 5.91 Å². The summed E-state index contributed by atoms with van der Waals surface area (Å²) < 4.78 is 11.1. The molecule has 0 aliphatic carbocycles. The molecule has 1 aliphatic heterocycles. The monoisotopic (exact) mass is 563 g/mol. The molecule has 12 heteroatoms. The Bertz CT molecular complexity index is 1550. The fraction of sp³-hybridized carbons (Fsp3) is 0.148. The van der Waals surface area contributed by atoms with Crippen molar-refractivity contribution in [2.75, 3.05) is 23.9 Å². The predicted molar refractivity (Wildman–Crippen MR) is 151 cm³/mol. The molecule has 4 aromatic rings. The van der Waals surface area contributed by atoms with Crippen LogP contribution in [-0.2, 0) is 9.53 Å². The number of thiocarbonyl (C=S) groups is 1. The first-order valence-electron chi connectivity index (χ1n) is 11.8. The number of benzene rings is 2. The second-order valence-electron chi connectivity index (χ2n) is 8.62. The molecule has 0 radical (unpaired) electrons.